The van der Waals surface area contributed by atoms with E-state index in [1.165, 1.54) is 5.56 Å². The van der Waals surface area contributed by atoms with Gasteiger partial charge in [0.15, 0.2) is 0 Å². The van der Waals surface area contributed by atoms with Crippen molar-refractivity contribution in [2.75, 3.05) is 17.7 Å². The van der Waals surface area contributed by atoms with E-state index in [0.29, 0.717) is 6.54 Å². The molecule has 0 bridgehead atoms. The molecule has 94 valence electrons. The van der Waals surface area contributed by atoms with Crippen LogP contribution in [0.4, 0.5) is 11.6 Å². The SMILES string of the molecule is CNc1ncnc(NCc2ncccc2C)c1C. The predicted octanol–water partition coefficient (Wildman–Crippen LogP) is 2.14. The second-order valence-corrected chi connectivity index (χ2v) is 4.07. The molecule has 5 heteroatoms. The van der Waals surface area contributed by atoms with Gasteiger partial charge in [0.05, 0.1) is 12.2 Å². The number of hydrogen-bond acceptors (Lipinski definition) is 5. The summed E-state index contributed by atoms with van der Waals surface area (Å²) in [4.78, 5) is 12.7. The fourth-order valence-corrected chi connectivity index (χ4v) is 1.75. The molecular weight excluding hydrogens is 226 g/mol. The van der Waals surface area contributed by atoms with Gasteiger partial charge in [-0.25, -0.2) is 9.97 Å². The van der Waals surface area contributed by atoms with Crippen LogP contribution in [0.25, 0.3) is 0 Å². The molecule has 2 aromatic rings. The van der Waals surface area contributed by atoms with Crippen molar-refractivity contribution in [3.63, 3.8) is 0 Å². The second-order valence-electron chi connectivity index (χ2n) is 4.07. The van der Waals surface area contributed by atoms with Crippen LogP contribution in [0, 0.1) is 13.8 Å². The van der Waals surface area contributed by atoms with Crippen molar-refractivity contribution in [2.24, 2.45) is 0 Å². The Morgan fingerprint density at radius 1 is 1.11 bits per heavy atom. The largest absolute Gasteiger partial charge is 0.373 e. The van der Waals surface area contributed by atoms with Crippen LogP contribution in [-0.4, -0.2) is 22.0 Å². The van der Waals surface area contributed by atoms with Gasteiger partial charge in [-0.3, -0.25) is 4.98 Å². The quantitative estimate of drug-likeness (QED) is 0.861. The number of nitrogens with one attached hydrogen (secondary N) is 2. The van der Waals surface area contributed by atoms with Crippen molar-refractivity contribution in [2.45, 2.75) is 20.4 Å². The van der Waals surface area contributed by atoms with Gasteiger partial charge in [0.1, 0.15) is 18.0 Å². The average molecular weight is 243 g/mol. The van der Waals surface area contributed by atoms with Gasteiger partial charge in [-0.15, -0.1) is 0 Å². The number of nitrogens with zero attached hydrogens (tertiary/aromatic N) is 3. The number of hydrogen-bond donors (Lipinski definition) is 2. The molecular formula is C13H17N5. The molecule has 0 spiro atoms. The summed E-state index contributed by atoms with van der Waals surface area (Å²) < 4.78 is 0. The normalized spacial score (nSPS) is 10.2. The van der Waals surface area contributed by atoms with Gasteiger partial charge in [0.2, 0.25) is 0 Å². The number of rotatable bonds is 4. The highest BCUT2D eigenvalue weighted by atomic mass is 15.1. The number of aryl methyl sites for hydroxylation is 1. The van der Waals surface area contributed by atoms with Gasteiger partial charge in [-0.2, -0.15) is 0 Å². The summed E-state index contributed by atoms with van der Waals surface area (Å²) in [5.41, 5.74) is 3.21. The zero-order valence-electron chi connectivity index (χ0n) is 10.9. The summed E-state index contributed by atoms with van der Waals surface area (Å²) in [6.07, 6.45) is 3.35. The molecule has 5 nitrogen and oxygen atoms in total. The Hall–Kier alpha value is -2.17. The highest BCUT2D eigenvalue weighted by Gasteiger charge is 2.06. The lowest BCUT2D eigenvalue weighted by Crippen LogP contribution is -2.08. The van der Waals surface area contributed by atoms with E-state index >= 15 is 0 Å². The third-order valence-corrected chi connectivity index (χ3v) is 2.86. The summed E-state index contributed by atoms with van der Waals surface area (Å²) in [5.74, 6) is 1.67. The Morgan fingerprint density at radius 2 is 1.89 bits per heavy atom. The van der Waals surface area contributed by atoms with E-state index in [4.69, 9.17) is 0 Å². The molecule has 0 aliphatic carbocycles. The van der Waals surface area contributed by atoms with Crippen molar-refractivity contribution < 1.29 is 0 Å². The molecule has 0 aromatic carbocycles. The van der Waals surface area contributed by atoms with Crippen LogP contribution >= 0.6 is 0 Å². The van der Waals surface area contributed by atoms with E-state index in [1.807, 2.05) is 20.0 Å². The minimum absolute atomic E-state index is 0.660. The molecule has 0 aliphatic heterocycles. The molecule has 0 atom stereocenters. The van der Waals surface area contributed by atoms with Crippen LogP contribution in [0.5, 0.6) is 0 Å². The van der Waals surface area contributed by atoms with Crippen molar-refractivity contribution in [1.82, 2.24) is 15.0 Å². The highest BCUT2D eigenvalue weighted by Crippen LogP contribution is 2.18. The number of aromatic nitrogens is 3. The molecule has 0 fully saturated rings. The zero-order valence-corrected chi connectivity index (χ0v) is 10.9. The molecule has 0 aliphatic rings. The second kappa shape index (κ2) is 5.44. The molecule has 0 radical (unpaired) electrons. The first kappa shape index (κ1) is 12.3. The van der Waals surface area contributed by atoms with Gasteiger partial charge >= 0.3 is 0 Å². The molecule has 2 rings (SSSR count). The van der Waals surface area contributed by atoms with Crippen LogP contribution in [0.3, 0.4) is 0 Å². The first-order valence-corrected chi connectivity index (χ1v) is 5.86. The molecule has 2 heterocycles. The van der Waals surface area contributed by atoms with Crippen LogP contribution < -0.4 is 10.6 Å². The lowest BCUT2D eigenvalue weighted by molar-refractivity contribution is 0.991. The lowest BCUT2D eigenvalue weighted by Gasteiger charge is -2.11. The lowest BCUT2D eigenvalue weighted by atomic mass is 10.2. The van der Waals surface area contributed by atoms with Crippen molar-refractivity contribution in [3.05, 3.63) is 41.5 Å². The van der Waals surface area contributed by atoms with Crippen molar-refractivity contribution in [1.29, 1.82) is 0 Å². The highest BCUT2D eigenvalue weighted by molar-refractivity contribution is 5.56. The fraction of sp³-hybridized carbons (Fsp3) is 0.308. The van der Waals surface area contributed by atoms with Crippen LogP contribution in [0.1, 0.15) is 16.8 Å². The summed E-state index contributed by atoms with van der Waals surface area (Å²) >= 11 is 0. The Balaban J connectivity index is 2.14. The van der Waals surface area contributed by atoms with E-state index in [-0.39, 0.29) is 0 Å². The van der Waals surface area contributed by atoms with Crippen molar-refractivity contribution >= 4 is 11.6 Å². The molecule has 0 amide bonds. The third-order valence-electron chi connectivity index (χ3n) is 2.86. The van der Waals surface area contributed by atoms with Crippen molar-refractivity contribution in [3.8, 4) is 0 Å². The summed E-state index contributed by atoms with van der Waals surface area (Å²) in [5, 5.41) is 6.33. The third kappa shape index (κ3) is 2.56. The Bertz CT molecular complexity index is 539. The van der Waals surface area contributed by atoms with Crippen LogP contribution in [0.15, 0.2) is 24.7 Å². The maximum Gasteiger partial charge on any atom is 0.134 e. The minimum atomic E-state index is 0.660. The smallest absolute Gasteiger partial charge is 0.134 e. The standard InChI is InChI=1S/C13H17N5/c1-9-5-4-6-15-11(9)7-16-13-10(2)12(14-3)17-8-18-13/h4-6,8H,7H2,1-3H3,(H2,14,16,17,18). The van der Waals surface area contributed by atoms with E-state index < -0.39 is 0 Å². The van der Waals surface area contributed by atoms with Gasteiger partial charge in [-0.1, -0.05) is 6.07 Å². The van der Waals surface area contributed by atoms with Gasteiger partial charge in [0, 0.05) is 18.8 Å². The predicted molar refractivity (Wildman–Crippen MR) is 72.6 cm³/mol. The molecule has 0 unspecified atom stereocenters. The number of pyridine rings is 1. The van der Waals surface area contributed by atoms with E-state index in [9.17, 15) is 0 Å². The Labute approximate surface area is 107 Å². The average Bonchev–Trinajstić information content (AvgIpc) is 2.39. The molecule has 2 aromatic heterocycles. The Morgan fingerprint density at radius 3 is 2.61 bits per heavy atom. The van der Waals surface area contributed by atoms with E-state index in [2.05, 4.69) is 38.6 Å². The zero-order chi connectivity index (χ0) is 13.0. The maximum atomic E-state index is 4.34. The van der Waals surface area contributed by atoms with Crippen LogP contribution in [0.2, 0.25) is 0 Å². The molecule has 2 N–H and O–H groups in total. The minimum Gasteiger partial charge on any atom is -0.373 e. The van der Waals surface area contributed by atoms with Crippen LogP contribution in [-0.2, 0) is 6.54 Å². The van der Waals surface area contributed by atoms with Gasteiger partial charge in [0.25, 0.3) is 0 Å². The molecule has 18 heavy (non-hydrogen) atoms. The first-order valence-electron chi connectivity index (χ1n) is 5.86. The fourth-order valence-electron chi connectivity index (χ4n) is 1.75. The topological polar surface area (TPSA) is 62.7 Å². The summed E-state index contributed by atoms with van der Waals surface area (Å²) in [7, 11) is 1.85. The number of anilines is 2. The van der Waals surface area contributed by atoms with E-state index in [1.54, 1.807) is 12.5 Å². The summed E-state index contributed by atoms with van der Waals surface area (Å²) in [6, 6.07) is 3.99. The molecule has 0 saturated heterocycles. The maximum absolute atomic E-state index is 4.34. The van der Waals surface area contributed by atoms with Gasteiger partial charge in [-0.05, 0) is 25.5 Å². The summed E-state index contributed by atoms with van der Waals surface area (Å²) in [6.45, 7) is 4.70. The first-order chi connectivity index (χ1) is 8.72. The monoisotopic (exact) mass is 243 g/mol. The van der Waals surface area contributed by atoms with Gasteiger partial charge < -0.3 is 10.6 Å². The van der Waals surface area contributed by atoms with E-state index in [0.717, 1.165) is 22.9 Å². The Kier molecular flexibility index (Phi) is 3.72. The molecule has 0 saturated carbocycles.